The number of hydrogen-bond acceptors (Lipinski definition) is 2. The SMILES string of the molecule is Cc1ccc(N2C(=O)/C(=C\c3cccc4ccccc34)NC2=S)cc1. The first-order valence-electron chi connectivity index (χ1n) is 8.05. The number of nitrogens with zero attached hydrogens (tertiary/aromatic N) is 1. The number of thiocarbonyl (C=S) groups is 1. The molecule has 1 fully saturated rings. The first-order valence-corrected chi connectivity index (χ1v) is 8.46. The zero-order chi connectivity index (χ0) is 17.4. The monoisotopic (exact) mass is 344 g/mol. The molecule has 122 valence electrons. The van der Waals surface area contributed by atoms with Gasteiger partial charge in [0.2, 0.25) is 0 Å². The average molecular weight is 344 g/mol. The third-order valence-electron chi connectivity index (χ3n) is 4.29. The van der Waals surface area contributed by atoms with E-state index in [0.717, 1.165) is 27.6 Å². The Balaban J connectivity index is 1.74. The molecule has 0 radical (unpaired) electrons. The van der Waals surface area contributed by atoms with E-state index in [1.54, 1.807) is 0 Å². The highest BCUT2D eigenvalue weighted by molar-refractivity contribution is 7.80. The minimum Gasteiger partial charge on any atom is -0.327 e. The Morgan fingerprint density at radius 3 is 2.48 bits per heavy atom. The lowest BCUT2D eigenvalue weighted by Gasteiger charge is -2.14. The fraction of sp³-hybridized carbons (Fsp3) is 0.0476. The lowest BCUT2D eigenvalue weighted by atomic mass is 10.0. The second-order valence-corrected chi connectivity index (χ2v) is 6.42. The summed E-state index contributed by atoms with van der Waals surface area (Å²) < 4.78 is 0. The number of rotatable bonds is 2. The Kier molecular flexibility index (Phi) is 3.82. The van der Waals surface area contributed by atoms with E-state index in [1.807, 2.05) is 61.5 Å². The third kappa shape index (κ3) is 2.81. The standard InChI is InChI=1S/C21H16N2OS/c1-14-9-11-17(12-10-14)23-20(24)19(22-21(23)25)13-16-7-4-6-15-5-2-3-8-18(15)16/h2-13H,1H3,(H,22,25)/b19-13+. The number of aryl methyl sites for hydroxylation is 1. The van der Waals surface area contributed by atoms with Crippen molar-refractivity contribution in [1.82, 2.24) is 5.32 Å². The van der Waals surface area contributed by atoms with Gasteiger partial charge >= 0.3 is 0 Å². The van der Waals surface area contributed by atoms with Crippen LogP contribution in [-0.4, -0.2) is 11.0 Å². The topological polar surface area (TPSA) is 32.3 Å². The molecule has 1 amide bonds. The third-order valence-corrected chi connectivity index (χ3v) is 4.58. The van der Waals surface area contributed by atoms with Crippen molar-refractivity contribution in [1.29, 1.82) is 0 Å². The molecule has 0 bridgehead atoms. The van der Waals surface area contributed by atoms with E-state index in [9.17, 15) is 4.79 Å². The number of anilines is 1. The van der Waals surface area contributed by atoms with Gasteiger partial charge in [-0.3, -0.25) is 9.69 Å². The van der Waals surface area contributed by atoms with Crippen LogP contribution in [0.3, 0.4) is 0 Å². The molecule has 1 aliphatic heterocycles. The summed E-state index contributed by atoms with van der Waals surface area (Å²) in [5.41, 5.74) is 3.39. The van der Waals surface area contributed by atoms with E-state index in [4.69, 9.17) is 12.2 Å². The molecule has 25 heavy (non-hydrogen) atoms. The zero-order valence-corrected chi connectivity index (χ0v) is 14.5. The first kappa shape index (κ1) is 15.5. The van der Waals surface area contributed by atoms with Gasteiger partial charge in [0.05, 0.1) is 5.69 Å². The fourth-order valence-electron chi connectivity index (χ4n) is 3.00. The van der Waals surface area contributed by atoms with Crippen LogP contribution in [0.2, 0.25) is 0 Å². The summed E-state index contributed by atoms with van der Waals surface area (Å²) in [6.45, 7) is 2.01. The van der Waals surface area contributed by atoms with Crippen molar-refractivity contribution in [2.24, 2.45) is 0 Å². The van der Waals surface area contributed by atoms with Crippen LogP contribution < -0.4 is 10.2 Å². The van der Waals surface area contributed by atoms with Crippen LogP contribution >= 0.6 is 12.2 Å². The molecule has 4 rings (SSSR count). The predicted octanol–water partition coefficient (Wildman–Crippen LogP) is 4.41. The maximum Gasteiger partial charge on any atom is 0.281 e. The summed E-state index contributed by atoms with van der Waals surface area (Å²) in [5.74, 6) is -0.137. The lowest BCUT2D eigenvalue weighted by molar-refractivity contribution is -0.113. The van der Waals surface area contributed by atoms with Crippen LogP contribution in [-0.2, 0) is 4.79 Å². The van der Waals surface area contributed by atoms with Crippen LogP contribution in [0, 0.1) is 6.92 Å². The smallest absolute Gasteiger partial charge is 0.281 e. The van der Waals surface area contributed by atoms with Gasteiger partial charge < -0.3 is 5.32 Å². The molecule has 0 atom stereocenters. The van der Waals surface area contributed by atoms with E-state index in [0.29, 0.717) is 10.8 Å². The van der Waals surface area contributed by atoms with Gasteiger partial charge in [-0.2, -0.15) is 0 Å². The van der Waals surface area contributed by atoms with Crippen molar-refractivity contribution < 1.29 is 4.79 Å². The Bertz CT molecular complexity index is 1020. The summed E-state index contributed by atoms with van der Waals surface area (Å²) in [6.07, 6.45) is 1.87. The minimum atomic E-state index is -0.137. The molecule has 1 saturated heterocycles. The van der Waals surface area contributed by atoms with Gasteiger partial charge in [-0.15, -0.1) is 0 Å². The molecular formula is C21H16N2OS. The largest absolute Gasteiger partial charge is 0.327 e. The molecule has 0 aromatic heterocycles. The molecule has 3 aromatic carbocycles. The van der Waals surface area contributed by atoms with Crippen molar-refractivity contribution in [2.75, 3.05) is 4.90 Å². The molecule has 1 aliphatic rings. The normalized spacial score (nSPS) is 15.9. The number of amides is 1. The van der Waals surface area contributed by atoms with Gasteiger partial charge in [0.25, 0.3) is 5.91 Å². The lowest BCUT2D eigenvalue weighted by Crippen LogP contribution is -2.30. The van der Waals surface area contributed by atoms with Crippen molar-refractivity contribution in [3.8, 4) is 0 Å². The average Bonchev–Trinajstić information content (AvgIpc) is 2.90. The Morgan fingerprint density at radius 1 is 0.960 bits per heavy atom. The highest BCUT2D eigenvalue weighted by Crippen LogP contribution is 2.25. The Morgan fingerprint density at radius 2 is 1.68 bits per heavy atom. The van der Waals surface area contributed by atoms with E-state index in [1.165, 1.54) is 4.90 Å². The zero-order valence-electron chi connectivity index (χ0n) is 13.7. The summed E-state index contributed by atoms with van der Waals surface area (Å²) >= 11 is 5.37. The molecule has 0 spiro atoms. The van der Waals surface area contributed by atoms with Crippen molar-refractivity contribution in [2.45, 2.75) is 6.92 Å². The van der Waals surface area contributed by atoms with E-state index < -0.39 is 0 Å². The summed E-state index contributed by atoms with van der Waals surface area (Å²) in [4.78, 5) is 14.4. The number of carbonyl (C=O) groups excluding carboxylic acids is 1. The van der Waals surface area contributed by atoms with Crippen LogP contribution in [0.5, 0.6) is 0 Å². The molecule has 0 saturated carbocycles. The second kappa shape index (κ2) is 6.15. The maximum absolute atomic E-state index is 12.8. The summed E-state index contributed by atoms with van der Waals surface area (Å²) in [7, 11) is 0. The maximum atomic E-state index is 12.8. The molecule has 3 nitrogen and oxygen atoms in total. The van der Waals surface area contributed by atoms with Crippen LogP contribution in [0.4, 0.5) is 5.69 Å². The molecular weight excluding hydrogens is 328 g/mol. The number of carbonyl (C=O) groups is 1. The van der Waals surface area contributed by atoms with Gasteiger partial charge in [-0.25, -0.2) is 0 Å². The van der Waals surface area contributed by atoms with Crippen LogP contribution in [0.25, 0.3) is 16.8 Å². The van der Waals surface area contributed by atoms with Gasteiger partial charge in [0.1, 0.15) is 5.70 Å². The molecule has 0 aliphatic carbocycles. The molecule has 1 N–H and O–H groups in total. The molecule has 1 heterocycles. The van der Waals surface area contributed by atoms with Gasteiger partial charge in [-0.05, 0) is 53.7 Å². The highest BCUT2D eigenvalue weighted by Gasteiger charge is 2.31. The van der Waals surface area contributed by atoms with Crippen LogP contribution in [0.1, 0.15) is 11.1 Å². The predicted molar refractivity (Wildman–Crippen MR) is 106 cm³/mol. The fourth-order valence-corrected chi connectivity index (χ4v) is 3.29. The molecule has 4 heteroatoms. The number of nitrogens with one attached hydrogen (secondary N) is 1. The second-order valence-electron chi connectivity index (χ2n) is 6.03. The summed E-state index contributed by atoms with van der Waals surface area (Å²) in [5, 5.41) is 5.69. The van der Waals surface area contributed by atoms with E-state index in [2.05, 4.69) is 23.5 Å². The Labute approximate surface area is 151 Å². The highest BCUT2D eigenvalue weighted by atomic mass is 32.1. The number of hydrogen-bond donors (Lipinski definition) is 1. The van der Waals surface area contributed by atoms with Gasteiger partial charge in [-0.1, -0.05) is 60.2 Å². The number of benzene rings is 3. The minimum absolute atomic E-state index is 0.137. The van der Waals surface area contributed by atoms with Crippen LogP contribution in [0.15, 0.2) is 72.4 Å². The van der Waals surface area contributed by atoms with E-state index in [-0.39, 0.29) is 5.91 Å². The molecule has 3 aromatic rings. The summed E-state index contributed by atoms with van der Waals surface area (Å²) in [6, 6.07) is 21.9. The van der Waals surface area contributed by atoms with Crippen molar-refractivity contribution >= 4 is 45.8 Å². The first-order chi connectivity index (χ1) is 12.1. The Hall–Kier alpha value is -2.98. The molecule has 0 unspecified atom stereocenters. The van der Waals surface area contributed by atoms with Crippen molar-refractivity contribution in [3.05, 3.63) is 83.6 Å². The van der Waals surface area contributed by atoms with Crippen molar-refractivity contribution in [3.63, 3.8) is 0 Å². The van der Waals surface area contributed by atoms with E-state index >= 15 is 0 Å². The number of fused-ring (bicyclic) bond motifs is 1. The van der Waals surface area contributed by atoms with Gasteiger partial charge in [0, 0.05) is 0 Å². The quantitative estimate of drug-likeness (QED) is 0.552. The van der Waals surface area contributed by atoms with Gasteiger partial charge in [0.15, 0.2) is 5.11 Å².